The lowest BCUT2D eigenvalue weighted by Gasteiger charge is -2.35. The topological polar surface area (TPSA) is 47.3 Å². The summed E-state index contributed by atoms with van der Waals surface area (Å²) >= 11 is 6.10. The van der Waals surface area contributed by atoms with E-state index in [9.17, 15) is 4.79 Å². The Balaban J connectivity index is 1.99. The van der Waals surface area contributed by atoms with Gasteiger partial charge in [-0.2, -0.15) is 5.26 Å². The molecule has 22 heavy (non-hydrogen) atoms. The van der Waals surface area contributed by atoms with Crippen molar-refractivity contribution in [2.24, 2.45) is 5.92 Å². The Bertz CT molecular complexity index is 570. The number of halogens is 1. The molecule has 1 amide bonds. The highest BCUT2D eigenvalue weighted by atomic mass is 35.5. The normalized spacial score (nSPS) is 15.5. The summed E-state index contributed by atoms with van der Waals surface area (Å²) in [5, 5.41) is 9.41. The van der Waals surface area contributed by atoms with Crippen molar-refractivity contribution in [3.63, 3.8) is 0 Å². The molecule has 1 saturated heterocycles. The number of anilines is 1. The molecule has 118 valence electrons. The van der Waals surface area contributed by atoms with E-state index in [0.717, 1.165) is 44.7 Å². The van der Waals surface area contributed by atoms with Gasteiger partial charge in [-0.15, -0.1) is 0 Å². The molecule has 2 rings (SSSR count). The van der Waals surface area contributed by atoms with Crippen LogP contribution in [0.25, 0.3) is 0 Å². The molecule has 0 radical (unpaired) electrons. The summed E-state index contributed by atoms with van der Waals surface area (Å²) in [5.41, 5.74) is 1.52. The highest BCUT2D eigenvalue weighted by Crippen LogP contribution is 2.28. The van der Waals surface area contributed by atoms with Gasteiger partial charge >= 0.3 is 0 Å². The Labute approximate surface area is 137 Å². The fraction of sp³-hybridized carbons (Fsp3) is 0.529. The average molecular weight is 320 g/mol. The molecule has 0 atom stereocenters. The molecule has 0 aromatic heterocycles. The van der Waals surface area contributed by atoms with Gasteiger partial charge in [-0.3, -0.25) is 4.79 Å². The maximum Gasteiger partial charge on any atom is 0.225 e. The van der Waals surface area contributed by atoms with Crippen LogP contribution in [0.3, 0.4) is 0 Å². The fourth-order valence-electron chi connectivity index (χ4n) is 2.97. The lowest BCUT2D eigenvalue weighted by Crippen LogP contribution is -2.42. The van der Waals surface area contributed by atoms with Crippen LogP contribution in [0.2, 0.25) is 5.02 Å². The summed E-state index contributed by atoms with van der Waals surface area (Å²) in [5.74, 6) is 0.410. The molecule has 0 aliphatic carbocycles. The van der Waals surface area contributed by atoms with Crippen LogP contribution in [0.1, 0.15) is 32.3 Å². The summed E-state index contributed by atoms with van der Waals surface area (Å²) in [6, 6.07) is 7.59. The largest absolute Gasteiger partial charge is 0.371 e. The minimum atomic E-state index is 0.130. The van der Waals surface area contributed by atoms with Gasteiger partial charge < -0.3 is 9.80 Å². The van der Waals surface area contributed by atoms with Crippen molar-refractivity contribution in [2.45, 2.75) is 26.7 Å². The number of hydrogen-bond acceptors (Lipinski definition) is 3. The second-order valence-electron chi connectivity index (χ2n) is 5.55. The minimum absolute atomic E-state index is 0.130. The highest BCUT2D eigenvalue weighted by molar-refractivity contribution is 6.32. The van der Waals surface area contributed by atoms with E-state index >= 15 is 0 Å². The molecular formula is C17H22ClN3O. The van der Waals surface area contributed by atoms with E-state index in [-0.39, 0.29) is 11.8 Å². The van der Waals surface area contributed by atoms with Gasteiger partial charge in [0.15, 0.2) is 0 Å². The fourth-order valence-corrected chi connectivity index (χ4v) is 3.19. The van der Waals surface area contributed by atoms with Gasteiger partial charge in [0.1, 0.15) is 6.07 Å². The van der Waals surface area contributed by atoms with Crippen molar-refractivity contribution < 1.29 is 4.79 Å². The number of nitrogens with zero attached hydrogens (tertiary/aromatic N) is 3. The van der Waals surface area contributed by atoms with Crippen LogP contribution in [-0.4, -0.2) is 37.0 Å². The van der Waals surface area contributed by atoms with E-state index in [1.165, 1.54) is 0 Å². The molecule has 0 unspecified atom stereocenters. The zero-order valence-corrected chi connectivity index (χ0v) is 13.9. The van der Waals surface area contributed by atoms with E-state index in [0.29, 0.717) is 10.6 Å². The smallest absolute Gasteiger partial charge is 0.225 e. The summed E-state index contributed by atoms with van der Waals surface area (Å²) in [7, 11) is 0. The predicted molar refractivity (Wildman–Crippen MR) is 89.0 cm³/mol. The SMILES string of the molecule is CCN(CC)C(=O)C1CCN(c2ccc(C#N)c(Cl)c2)CC1. The van der Waals surface area contributed by atoms with Gasteiger partial charge in [0.2, 0.25) is 5.91 Å². The van der Waals surface area contributed by atoms with Gasteiger partial charge in [0, 0.05) is 37.8 Å². The first kappa shape index (κ1) is 16.6. The van der Waals surface area contributed by atoms with Crippen molar-refractivity contribution in [1.82, 2.24) is 4.90 Å². The van der Waals surface area contributed by atoms with Gasteiger partial charge in [0.25, 0.3) is 0 Å². The van der Waals surface area contributed by atoms with Crippen LogP contribution in [0.5, 0.6) is 0 Å². The van der Waals surface area contributed by atoms with Crippen molar-refractivity contribution >= 4 is 23.2 Å². The Morgan fingerprint density at radius 2 is 2.00 bits per heavy atom. The number of nitriles is 1. The second-order valence-corrected chi connectivity index (χ2v) is 5.96. The van der Waals surface area contributed by atoms with Crippen LogP contribution in [-0.2, 0) is 4.79 Å². The zero-order valence-electron chi connectivity index (χ0n) is 13.2. The molecule has 0 N–H and O–H groups in total. The minimum Gasteiger partial charge on any atom is -0.371 e. The van der Waals surface area contributed by atoms with Crippen LogP contribution < -0.4 is 4.90 Å². The van der Waals surface area contributed by atoms with Crippen molar-refractivity contribution in [2.75, 3.05) is 31.1 Å². The maximum absolute atomic E-state index is 12.4. The highest BCUT2D eigenvalue weighted by Gasteiger charge is 2.27. The first-order valence-electron chi connectivity index (χ1n) is 7.84. The molecule has 1 aromatic rings. The lowest BCUT2D eigenvalue weighted by molar-refractivity contribution is -0.135. The van der Waals surface area contributed by atoms with Gasteiger partial charge in [0.05, 0.1) is 10.6 Å². The van der Waals surface area contributed by atoms with E-state index in [1.807, 2.05) is 30.9 Å². The summed E-state index contributed by atoms with van der Waals surface area (Å²) < 4.78 is 0. The Hall–Kier alpha value is -1.73. The monoisotopic (exact) mass is 319 g/mol. The summed E-state index contributed by atoms with van der Waals surface area (Å²) in [6.45, 7) is 7.30. The molecule has 1 aliphatic rings. The average Bonchev–Trinajstić information content (AvgIpc) is 2.56. The third-order valence-corrected chi connectivity index (χ3v) is 4.67. The molecule has 1 heterocycles. The number of hydrogen-bond donors (Lipinski definition) is 0. The van der Waals surface area contributed by atoms with Crippen molar-refractivity contribution in [3.05, 3.63) is 28.8 Å². The van der Waals surface area contributed by atoms with Crippen LogP contribution in [0.4, 0.5) is 5.69 Å². The molecule has 4 nitrogen and oxygen atoms in total. The number of rotatable bonds is 4. The van der Waals surface area contributed by atoms with E-state index in [1.54, 1.807) is 6.07 Å². The van der Waals surface area contributed by atoms with Gasteiger partial charge in [-0.25, -0.2) is 0 Å². The third-order valence-electron chi connectivity index (χ3n) is 4.36. The number of benzene rings is 1. The molecule has 1 aromatic carbocycles. The molecule has 0 spiro atoms. The summed E-state index contributed by atoms with van der Waals surface area (Å²) in [6.07, 6.45) is 1.74. The Morgan fingerprint density at radius 1 is 1.36 bits per heavy atom. The lowest BCUT2D eigenvalue weighted by atomic mass is 9.94. The molecule has 5 heteroatoms. The summed E-state index contributed by atoms with van der Waals surface area (Å²) in [4.78, 5) is 16.5. The molecule has 1 fully saturated rings. The number of amides is 1. The standard InChI is InChI=1S/C17H22ClN3O/c1-3-20(4-2)17(22)13-7-9-21(10-8-13)15-6-5-14(12-19)16(18)11-15/h5-6,11,13H,3-4,7-10H2,1-2H3. The Morgan fingerprint density at radius 3 is 2.50 bits per heavy atom. The van der Waals surface area contributed by atoms with Crippen molar-refractivity contribution in [3.8, 4) is 6.07 Å². The first-order chi connectivity index (χ1) is 10.6. The molecule has 1 aliphatic heterocycles. The number of carbonyl (C=O) groups is 1. The maximum atomic E-state index is 12.4. The van der Waals surface area contributed by atoms with Crippen LogP contribution >= 0.6 is 11.6 Å². The number of piperidine rings is 1. The Kier molecular flexibility index (Phi) is 5.68. The van der Waals surface area contributed by atoms with Crippen LogP contribution in [0.15, 0.2) is 18.2 Å². The second kappa shape index (κ2) is 7.51. The van der Waals surface area contributed by atoms with Gasteiger partial charge in [-0.05, 0) is 44.9 Å². The number of carbonyl (C=O) groups excluding carboxylic acids is 1. The van der Waals surface area contributed by atoms with Crippen molar-refractivity contribution in [1.29, 1.82) is 5.26 Å². The third kappa shape index (κ3) is 3.53. The quantitative estimate of drug-likeness (QED) is 0.855. The molecule has 0 bridgehead atoms. The molecule has 0 saturated carbocycles. The van der Waals surface area contributed by atoms with E-state index in [4.69, 9.17) is 16.9 Å². The first-order valence-corrected chi connectivity index (χ1v) is 8.21. The van der Waals surface area contributed by atoms with E-state index in [2.05, 4.69) is 11.0 Å². The molecular weight excluding hydrogens is 298 g/mol. The zero-order chi connectivity index (χ0) is 16.1. The van der Waals surface area contributed by atoms with Gasteiger partial charge in [-0.1, -0.05) is 11.6 Å². The van der Waals surface area contributed by atoms with E-state index < -0.39 is 0 Å². The predicted octanol–water partition coefficient (Wildman–Crippen LogP) is 3.30. The van der Waals surface area contributed by atoms with Crippen LogP contribution in [0, 0.1) is 17.2 Å².